The van der Waals surface area contributed by atoms with E-state index in [0.29, 0.717) is 11.5 Å². The fourth-order valence-corrected chi connectivity index (χ4v) is 2.76. The molecule has 0 radical (unpaired) electrons. The molecule has 0 aliphatic heterocycles. The topological polar surface area (TPSA) is 40.7 Å². The number of aromatic amines is 1. The number of rotatable bonds is 2. The third kappa shape index (κ3) is 2.35. The molecule has 0 amide bonds. The highest BCUT2D eigenvalue weighted by molar-refractivity contribution is 5.77. The molecule has 3 rings (SSSR count). The van der Waals surface area contributed by atoms with Crippen molar-refractivity contribution >= 4 is 17.0 Å². The summed E-state index contributed by atoms with van der Waals surface area (Å²) >= 11 is 0. The van der Waals surface area contributed by atoms with Gasteiger partial charge >= 0.3 is 0 Å². The Morgan fingerprint density at radius 2 is 1.94 bits per heavy atom. The lowest BCUT2D eigenvalue weighted by molar-refractivity contribution is 0.232. The van der Waals surface area contributed by atoms with E-state index in [1.165, 1.54) is 25.7 Å². The molecule has 1 aromatic heterocycles. The van der Waals surface area contributed by atoms with Crippen LogP contribution in [0.2, 0.25) is 0 Å². The Hall–Kier alpha value is -1.51. The molecule has 1 saturated carbocycles. The Kier molecular flexibility index (Phi) is 2.77. The number of imidazole rings is 1. The van der Waals surface area contributed by atoms with E-state index in [1.807, 2.05) is 18.2 Å². The molecule has 1 aliphatic carbocycles. The largest absolute Gasteiger partial charge is 0.353 e. The molecule has 2 aromatic rings. The van der Waals surface area contributed by atoms with Gasteiger partial charge in [-0.25, -0.2) is 4.98 Å². The summed E-state index contributed by atoms with van der Waals surface area (Å²) in [7, 11) is 0. The van der Waals surface area contributed by atoms with Crippen LogP contribution in [0.25, 0.3) is 11.0 Å². The SMILES string of the molecule is CC1(C)CCC(Nc2nc3ccccc3[nH]2)CC1. The number of anilines is 1. The van der Waals surface area contributed by atoms with E-state index in [2.05, 4.69) is 35.2 Å². The van der Waals surface area contributed by atoms with Crippen molar-refractivity contribution in [1.29, 1.82) is 0 Å². The second-order valence-electron chi connectivity index (χ2n) is 6.19. The quantitative estimate of drug-likeness (QED) is 0.838. The lowest BCUT2D eigenvalue weighted by atomic mass is 9.76. The highest BCUT2D eigenvalue weighted by Gasteiger charge is 2.26. The monoisotopic (exact) mass is 243 g/mol. The van der Waals surface area contributed by atoms with Gasteiger partial charge in [-0.15, -0.1) is 0 Å². The minimum atomic E-state index is 0.520. The maximum absolute atomic E-state index is 4.58. The van der Waals surface area contributed by atoms with Crippen LogP contribution in [0.3, 0.4) is 0 Å². The van der Waals surface area contributed by atoms with E-state index in [0.717, 1.165) is 17.0 Å². The summed E-state index contributed by atoms with van der Waals surface area (Å²) in [6, 6.07) is 8.74. The molecular formula is C15H21N3. The first-order valence-corrected chi connectivity index (χ1v) is 6.84. The van der Waals surface area contributed by atoms with E-state index in [1.54, 1.807) is 0 Å². The van der Waals surface area contributed by atoms with Crippen LogP contribution in [0.15, 0.2) is 24.3 Å². The highest BCUT2D eigenvalue weighted by atomic mass is 15.1. The van der Waals surface area contributed by atoms with Crippen LogP contribution < -0.4 is 5.32 Å². The molecule has 3 heteroatoms. The second kappa shape index (κ2) is 4.30. The Morgan fingerprint density at radius 1 is 1.22 bits per heavy atom. The highest BCUT2D eigenvalue weighted by Crippen LogP contribution is 2.35. The lowest BCUT2D eigenvalue weighted by Crippen LogP contribution is -2.30. The van der Waals surface area contributed by atoms with Gasteiger partial charge in [0.05, 0.1) is 11.0 Å². The van der Waals surface area contributed by atoms with Crippen molar-refractivity contribution in [3.63, 3.8) is 0 Å². The van der Waals surface area contributed by atoms with Gasteiger partial charge in [-0.2, -0.15) is 0 Å². The third-order valence-electron chi connectivity index (χ3n) is 4.07. The van der Waals surface area contributed by atoms with Gasteiger partial charge in [-0.1, -0.05) is 26.0 Å². The third-order valence-corrected chi connectivity index (χ3v) is 4.07. The van der Waals surface area contributed by atoms with Crippen LogP contribution >= 0.6 is 0 Å². The summed E-state index contributed by atoms with van der Waals surface area (Å²) in [5, 5.41) is 3.54. The maximum atomic E-state index is 4.58. The second-order valence-corrected chi connectivity index (χ2v) is 6.19. The average molecular weight is 243 g/mol. The predicted molar refractivity (Wildman–Crippen MR) is 75.8 cm³/mol. The normalized spacial score (nSPS) is 20.1. The fraction of sp³-hybridized carbons (Fsp3) is 0.533. The number of nitrogens with zero attached hydrogens (tertiary/aromatic N) is 1. The minimum Gasteiger partial charge on any atom is -0.353 e. The van der Waals surface area contributed by atoms with Crippen molar-refractivity contribution in [1.82, 2.24) is 9.97 Å². The van der Waals surface area contributed by atoms with Crippen molar-refractivity contribution in [2.24, 2.45) is 5.41 Å². The van der Waals surface area contributed by atoms with Crippen LogP contribution in [0.4, 0.5) is 5.95 Å². The van der Waals surface area contributed by atoms with Crippen LogP contribution in [-0.2, 0) is 0 Å². The number of para-hydroxylation sites is 2. The molecule has 0 spiro atoms. The van der Waals surface area contributed by atoms with Crippen molar-refractivity contribution in [3.8, 4) is 0 Å². The van der Waals surface area contributed by atoms with Crippen molar-refractivity contribution < 1.29 is 0 Å². The standard InChI is InChI=1S/C15H21N3/c1-15(2)9-7-11(8-10-15)16-14-17-12-5-3-4-6-13(12)18-14/h3-6,11H,7-10H2,1-2H3,(H2,16,17,18). The fourth-order valence-electron chi connectivity index (χ4n) is 2.76. The van der Waals surface area contributed by atoms with Crippen LogP contribution in [0, 0.1) is 5.41 Å². The Bertz CT molecular complexity index is 498. The zero-order chi connectivity index (χ0) is 12.6. The van der Waals surface area contributed by atoms with Crippen molar-refractivity contribution in [2.45, 2.75) is 45.6 Å². The molecule has 0 atom stereocenters. The Morgan fingerprint density at radius 3 is 2.67 bits per heavy atom. The van der Waals surface area contributed by atoms with E-state index in [4.69, 9.17) is 0 Å². The maximum Gasteiger partial charge on any atom is 0.201 e. The summed E-state index contributed by atoms with van der Waals surface area (Å²) in [6.07, 6.45) is 5.07. The number of hydrogen-bond donors (Lipinski definition) is 2. The van der Waals surface area contributed by atoms with Gasteiger partial charge in [0.15, 0.2) is 0 Å². The van der Waals surface area contributed by atoms with Crippen molar-refractivity contribution in [2.75, 3.05) is 5.32 Å². The molecule has 1 fully saturated rings. The molecular weight excluding hydrogens is 222 g/mol. The first kappa shape index (κ1) is 11.6. The van der Waals surface area contributed by atoms with Gasteiger partial charge in [0, 0.05) is 6.04 Å². The van der Waals surface area contributed by atoms with E-state index in [9.17, 15) is 0 Å². The van der Waals surface area contributed by atoms with Gasteiger partial charge in [-0.3, -0.25) is 0 Å². The average Bonchev–Trinajstić information content (AvgIpc) is 2.74. The first-order valence-electron chi connectivity index (χ1n) is 6.84. The first-order chi connectivity index (χ1) is 8.62. The van der Waals surface area contributed by atoms with Crippen LogP contribution in [-0.4, -0.2) is 16.0 Å². The predicted octanol–water partition coefficient (Wildman–Crippen LogP) is 3.94. The molecule has 1 aliphatic rings. The summed E-state index contributed by atoms with van der Waals surface area (Å²) in [5.74, 6) is 0.918. The number of nitrogens with one attached hydrogen (secondary N) is 2. The zero-order valence-corrected chi connectivity index (χ0v) is 11.2. The Labute approximate surface area is 108 Å². The molecule has 0 bridgehead atoms. The molecule has 2 N–H and O–H groups in total. The van der Waals surface area contributed by atoms with Crippen LogP contribution in [0.1, 0.15) is 39.5 Å². The molecule has 3 nitrogen and oxygen atoms in total. The lowest BCUT2D eigenvalue weighted by Gasteiger charge is -2.34. The molecule has 1 heterocycles. The number of H-pyrrole nitrogens is 1. The Balaban J connectivity index is 1.69. The molecule has 0 unspecified atom stereocenters. The summed E-state index contributed by atoms with van der Waals surface area (Å²) in [6.45, 7) is 4.73. The number of fused-ring (bicyclic) bond motifs is 1. The van der Waals surface area contributed by atoms with Gasteiger partial charge in [0.2, 0.25) is 5.95 Å². The smallest absolute Gasteiger partial charge is 0.201 e. The zero-order valence-electron chi connectivity index (χ0n) is 11.2. The van der Waals surface area contributed by atoms with Gasteiger partial charge in [0.25, 0.3) is 0 Å². The number of benzene rings is 1. The van der Waals surface area contributed by atoms with E-state index < -0.39 is 0 Å². The van der Waals surface area contributed by atoms with Crippen molar-refractivity contribution in [3.05, 3.63) is 24.3 Å². The number of hydrogen-bond acceptors (Lipinski definition) is 2. The van der Waals surface area contributed by atoms with E-state index in [-0.39, 0.29) is 0 Å². The molecule has 1 aromatic carbocycles. The van der Waals surface area contributed by atoms with Gasteiger partial charge in [-0.05, 0) is 43.2 Å². The molecule has 0 saturated heterocycles. The summed E-state index contributed by atoms with van der Waals surface area (Å²) in [4.78, 5) is 7.92. The number of aromatic nitrogens is 2. The summed E-state index contributed by atoms with van der Waals surface area (Å²) < 4.78 is 0. The van der Waals surface area contributed by atoms with Crippen LogP contribution in [0.5, 0.6) is 0 Å². The van der Waals surface area contributed by atoms with E-state index >= 15 is 0 Å². The van der Waals surface area contributed by atoms with Gasteiger partial charge < -0.3 is 10.3 Å². The van der Waals surface area contributed by atoms with Gasteiger partial charge in [0.1, 0.15) is 0 Å². The minimum absolute atomic E-state index is 0.520. The molecule has 96 valence electrons. The molecule has 18 heavy (non-hydrogen) atoms. The summed E-state index contributed by atoms with van der Waals surface area (Å²) in [5.41, 5.74) is 2.67.